The van der Waals surface area contributed by atoms with E-state index in [1.807, 2.05) is 0 Å². The molecule has 0 atom stereocenters. The molecule has 0 bridgehead atoms. The van der Waals surface area contributed by atoms with E-state index in [9.17, 15) is 26.7 Å². The standard InChI is InChI=1S/C18H15F5N6O/c1-10-4-13(28-9-27-29(17(28)30)8-12(5-24)16(19)20)7-26-15(10)11-2-3-14(25-6-11)18(21,22)23/h2-4,6-7,9H,5,8,24H2,1H3. The van der Waals surface area contributed by atoms with Gasteiger partial charge in [0, 0.05) is 23.9 Å². The lowest BCUT2D eigenvalue weighted by Gasteiger charge is -2.09. The Morgan fingerprint density at radius 1 is 1.17 bits per heavy atom. The minimum Gasteiger partial charge on any atom is -0.327 e. The van der Waals surface area contributed by atoms with Gasteiger partial charge in [-0.2, -0.15) is 27.1 Å². The van der Waals surface area contributed by atoms with Crippen LogP contribution in [0.25, 0.3) is 16.9 Å². The van der Waals surface area contributed by atoms with Crippen molar-refractivity contribution in [1.29, 1.82) is 0 Å². The van der Waals surface area contributed by atoms with Gasteiger partial charge in [-0.1, -0.05) is 0 Å². The summed E-state index contributed by atoms with van der Waals surface area (Å²) in [6.07, 6.45) is -2.97. The topological polar surface area (TPSA) is 91.6 Å². The Balaban J connectivity index is 1.91. The summed E-state index contributed by atoms with van der Waals surface area (Å²) < 4.78 is 65.5. The van der Waals surface area contributed by atoms with Gasteiger partial charge in [0.1, 0.15) is 12.0 Å². The molecular formula is C18H15F5N6O. The molecule has 158 valence electrons. The fourth-order valence-corrected chi connectivity index (χ4v) is 2.70. The third kappa shape index (κ3) is 4.27. The average Bonchev–Trinajstić information content (AvgIpc) is 3.05. The summed E-state index contributed by atoms with van der Waals surface area (Å²) in [6, 6.07) is 3.68. The van der Waals surface area contributed by atoms with Gasteiger partial charge in [-0.05, 0) is 30.7 Å². The molecule has 0 amide bonds. The van der Waals surface area contributed by atoms with Gasteiger partial charge in [0.25, 0.3) is 6.08 Å². The first-order valence-corrected chi connectivity index (χ1v) is 8.50. The molecule has 0 aliphatic heterocycles. The second-order valence-electron chi connectivity index (χ2n) is 6.30. The van der Waals surface area contributed by atoms with E-state index in [1.165, 1.54) is 12.3 Å². The fourth-order valence-electron chi connectivity index (χ4n) is 2.70. The SMILES string of the molecule is Cc1cc(-n2cnn(CC(CN)=C(F)F)c2=O)cnc1-c1ccc(C(F)(F)F)nc1. The largest absolute Gasteiger partial charge is 0.433 e. The van der Waals surface area contributed by atoms with Crippen LogP contribution in [0, 0.1) is 6.92 Å². The van der Waals surface area contributed by atoms with Gasteiger partial charge >= 0.3 is 11.9 Å². The lowest BCUT2D eigenvalue weighted by molar-refractivity contribution is -0.141. The lowest BCUT2D eigenvalue weighted by atomic mass is 10.1. The van der Waals surface area contributed by atoms with Crippen molar-refractivity contribution in [2.45, 2.75) is 19.6 Å². The van der Waals surface area contributed by atoms with Crippen LogP contribution < -0.4 is 11.4 Å². The third-order valence-corrected chi connectivity index (χ3v) is 4.26. The Bertz CT molecular complexity index is 1140. The maximum absolute atomic E-state index is 12.8. The van der Waals surface area contributed by atoms with Crippen molar-refractivity contribution in [2.24, 2.45) is 5.73 Å². The molecule has 0 radical (unpaired) electrons. The van der Waals surface area contributed by atoms with Crippen LogP contribution in [0.1, 0.15) is 11.3 Å². The van der Waals surface area contributed by atoms with Gasteiger partial charge in [-0.25, -0.2) is 14.0 Å². The van der Waals surface area contributed by atoms with E-state index < -0.39 is 42.3 Å². The Morgan fingerprint density at radius 2 is 1.90 bits per heavy atom. The normalized spacial score (nSPS) is 11.6. The Morgan fingerprint density at radius 3 is 2.43 bits per heavy atom. The summed E-state index contributed by atoms with van der Waals surface area (Å²) in [5.41, 5.74) is 4.76. The van der Waals surface area contributed by atoms with Gasteiger partial charge in [0.15, 0.2) is 0 Å². The molecule has 30 heavy (non-hydrogen) atoms. The van der Waals surface area contributed by atoms with Crippen molar-refractivity contribution in [1.82, 2.24) is 24.3 Å². The van der Waals surface area contributed by atoms with E-state index in [2.05, 4.69) is 15.1 Å². The molecule has 0 unspecified atom stereocenters. The van der Waals surface area contributed by atoms with Crippen molar-refractivity contribution in [3.05, 3.63) is 70.3 Å². The number of alkyl halides is 3. The minimum absolute atomic E-state index is 0.311. The van der Waals surface area contributed by atoms with Crippen LogP contribution in [0.5, 0.6) is 0 Å². The maximum atomic E-state index is 12.8. The predicted molar refractivity (Wildman–Crippen MR) is 96.9 cm³/mol. The van der Waals surface area contributed by atoms with Crippen LogP contribution in [-0.2, 0) is 12.7 Å². The van der Waals surface area contributed by atoms with Crippen molar-refractivity contribution in [2.75, 3.05) is 6.54 Å². The van der Waals surface area contributed by atoms with Crippen molar-refractivity contribution in [3.8, 4) is 16.9 Å². The second kappa shape index (κ2) is 8.14. The maximum Gasteiger partial charge on any atom is 0.433 e. The highest BCUT2D eigenvalue weighted by atomic mass is 19.4. The average molecular weight is 426 g/mol. The monoisotopic (exact) mass is 426 g/mol. The van der Waals surface area contributed by atoms with E-state index in [1.54, 1.807) is 13.0 Å². The number of rotatable bonds is 5. The zero-order valence-electron chi connectivity index (χ0n) is 15.5. The zero-order valence-corrected chi connectivity index (χ0v) is 15.5. The van der Waals surface area contributed by atoms with Crippen molar-refractivity contribution in [3.63, 3.8) is 0 Å². The Labute approximate surface area is 166 Å². The van der Waals surface area contributed by atoms with Gasteiger partial charge in [-0.15, -0.1) is 0 Å². The number of halogens is 5. The zero-order chi connectivity index (χ0) is 22.1. The van der Waals surface area contributed by atoms with E-state index in [4.69, 9.17) is 5.73 Å². The highest BCUT2D eigenvalue weighted by Gasteiger charge is 2.32. The molecule has 0 aliphatic rings. The van der Waals surface area contributed by atoms with Crippen LogP contribution in [-0.4, -0.2) is 30.9 Å². The van der Waals surface area contributed by atoms with Crippen molar-refractivity contribution < 1.29 is 22.0 Å². The molecule has 0 saturated heterocycles. The third-order valence-electron chi connectivity index (χ3n) is 4.26. The molecule has 0 aliphatic carbocycles. The number of hydrogen-bond donors (Lipinski definition) is 1. The lowest BCUT2D eigenvalue weighted by Crippen LogP contribution is -2.26. The van der Waals surface area contributed by atoms with Crippen LogP contribution in [0.4, 0.5) is 22.0 Å². The summed E-state index contributed by atoms with van der Waals surface area (Å²) in [6.45, 7) is 0.789. The molecule has 0 fully saturated rings. The molecule has 0 saturated carbocycles. The molecule has 2 N–H and O–H groups in total. The molecule has 7 nitrogen and oxygen atoms in total. The molecule has 3 aromatic heterocycles. The number of hydrogen-bond acceptors (Lipinski definition) is 5. The molecule has 3 heterocycles. The van der Waals surface area contributed by atoms with Gasteiger partial charge in [0.05, 0.1) is 24.1 Å². The second-order valence-corrected chi connectivity index (χ2v) is 6.30. The first kappa shape index (κ1) is 21.3. The van der Waals surface area contributed by atoms with Crippen LogP contribution in [0.15, 0.2) is 53.4 Å². The molecule has 3 aromatic rings. The highest BCUT2D eigenvalue weighted by Crippen LogP contribution is 2.29. The summed E-state index contributed by atoms with van der Waals surface area (Å²) in [7, 11) is 0. The summed E-state index contributed by atoms with van der Waals surface area (Å²) in [5, 5.41) is 3.80. The summed E-state index contributed by atoms with van der Waals surface area (Å²) in [5.74, 6) is 0. The van der Waals surface area contributed by atoms with E-state index in [-0.39, 0.29) is 0 Å². The van der Waals surface area contributed by atoms with Gasteiger partial charge in [-0.3, -0.25) is 9.97 Å². The predicted octanol–water partition coefficient (Wildman–Crippen LogP) is 2.93. The highest BCUT2D eigenvalue weighted by molar-refractivity contribution is 5.63. The van der Waals surface area contributed by atoms with Crippen molar-refractivity contribution >= 4 is 0 Å². The minimum atomic E-state index is -4.55. The summed E-state index contributed by atoms with van der Waals surface area (Å²) >= 11 is 0. The number of nitrogens with two attached hydrogens (primary N) is 1. The first-order chi connectivity index (χ1) is 14.1. The molecule has 0 aromatic carbocycles. The number of aryl methyl sites for hydroxylation is 1. The van der Waals surface area contributed by atoms with E-state index in [0.717, 1.165) is 27.8 Å². The smallest absolute Gasteiger partial charge is 0.327 e. The fraction of sp³-hybridized carbons (Fsp3) is 0.222. The quantitative estimate of drug-likeness (QED) is 0.634. The van der Waals surface area contributed by atoms with E-state index in [0.29, 0.717) is 22.5 Å². The molecule has 0 spiro atoms. The number of nitrogens with zero attached hydrogens (tertiary/aromatic N) is 5. The van der Waals surface area contributed by atoms with Crippen LogP contribution >= 0.6 is 0 Å². The molecular weight excluding hydrogens is 411 g/mol. The van der Waals surface area contributed by atoms with Crippen LogP contribution in [0.3, 0.4) is 0 Å². The molecule has 3 rings (SSSR count). The Kier molecular flexibility index (Phi) is 5.78. The number of pyridine rings is 2. The summed E-state index contributed by atoms with van der Waals surface area (Å²) in [4.78, 5) is 20.1. The molecule has 12 heteroatoms. The van der Waals surface area contributed by atoms with Gasteiger partial charge < -0.3 is 5.73 Å². The van der Waals surface area contributed by atoms with Crippen LogP contribution in [0.2, 0.25) is 0 Å². The van der Waals surface area contributed by atoms with E-state index >= 15 is 0 Å². The first-order valence-electron chi connectivity index (χ1n) is 8.50. The van der Waals surface area contributed by atoms with Gasteiger partial charge in [0.2, 0.25) is 0 Å². The Hall–Kier alpha value is -3.41. The number of aromatic nitrogens is 5.